The van der Waals surface area contributed by atoms with Crippen LogP contribution in [0.5, 0.6) is 0 Å². The van der Waals surface area contributed by atoms with Crippen molar-refractivity contribution in [2.75, 3.05) is 13.1 Å². The van der Waals surface area contributed by atoms with Gasteiger partial charge in [0, 0.05) is 19.0 Å². The molecular weight excluding hydrogens is 168 g/mol. The molecule has 0 unspecified atom stereocenters. The van der Waals surface area contributed by atoms with E-state index in [4.69, 9.17) is 10.7 Å². The number of hydrogen-bond acceptors (Lipinski definition) is 3. The van der Waals surface area contributed by atoms with Gasteiger partial charge in [0.1, 0.15) is 0 Å². The van der Waals surface area contributed by atoms with Crippen LogP contribution < -0.4 is 5.90 Å². The molecule has 0 spiro atoms. The first kappa shape index (κ1) is 8.97. The molecule has 1 saturated carbocycles. The standard InChI is InChI=1S/C9H16N2O2/c10-13-8-3-5-11(6-4-8)9(12)7-1-2-7/h7-8H,1-6,10H2. The van der Waals surface area contributed by atoms with Crippen LogP contribution in [0.1, 0.15) is 25.7 Å². The Morgan fingerprint density at radius 1 is 1.23 bits per heavy atom. The zero-order valence-electron chi connectivity index (χ0n) is 7.74. The van der Waals surface area contributed by atoms with Gasteiger partial charge in [0.25, 0.3) is 0 Å². The SMILES string of the molecule is NOC1CCN(C(=O)C2CC2)CC1. The number of piperidine rings is 1. The molecule has 2 aliphatic rings. The largest absolute Gasteiger partial charge is 0.342 e. The fraction of sp³-hybridized carbons (Fsp3) is 0.889. The Kier molecular flexibility index (Phi) is 2.51. The second kappa shape index (κ2) is 3.64. The van der Waals surface area contributed by atoms with Crippen molar-refractivity contribution in [3.8, 4) is 0 Å². The number of carbonyl (C=O) groups is 1. The Labute approximate surface area is 78.0 Å². The van der Waals surface area contributed by atoms with E-state index < -0.39 is 0 Å². The van der Waals surface area contributed by atoms with E-state index in [0.29, 0.717) is 11.8 Å². The summed E-state index contributed by atoms with van der Waals surface area (Å²) >= 11 is 0. The van der Waals surface area contributed by atoms with Crippen molar-refractivity contribution < 1.29 is 9.63 Å². The van der Waals surface area contributed by atoms with E-state index in [0.717, 1.165) is 38.8 Å². The van der Waals surface area contributed by atoms with Gasteiger partial charge in [0.05, 0.1) is 6.10 Å². The van der Waals surface area contributed by atoms with Gasteiger partial charge in [0.2, 0.25) is 5.91 Å². The summed E-state index contributed by atoms with van der Waals surface area (Å²) in [6.07, 6.45) is 4.10. The van der Waals surface area contributed by atoms with Crippen LogP contribution in [0.25, 0.3) is 0 Å². The monoisotopic (exact) mass is 184 g/mol. The molecule has 0 radical (unpaired) electrons. The van der Waals surface area contributed by atoms with Gasteiger partial charge in [-0.2, -0.15) is 0 Å². The van der Waals surface area contributed by atoms with Crippen LogP contribution in [0.3, 0.4) is 0 Å². The normalized spacial score (nSPS) is 24.8. The van der Waals surface area contributed by atoms with Crippen LogP contribution in [0.15, 0.2) is 0 Å². The first-order valence-electron chi connectivity index (χ1n) is 4.95. The van der Waals surface area contributed by atoms with Crippen LogP contribution >= 0.6 is 0 Å². The maximum atomic E-state index is 11.6. The molecule has 74 valence electrons. The maximum Gasteiger partial charge on any atom is 0.225 e. The Bertz CT molecular complexity index is 196. The first-order chi connectivity index (χ1) is 6.31. The molecule has 1 saturated heterocycles. The Balaban J connectivity index is 1.79. The number of hydrogen-bond donors (Lipinski definition) is 1. The predicted octanol–water partition coefficient (Wildman–Crippen LogP) is 0.278. The molecule has 2 fully saturated rings. The summed E-state index contributed by atoms with van der Waals surface area (Å²) in [4.78, 5) is 18.3. The van der Waals surface area contributed by atoms with Gasteiger partial charge in [-0.1, -0.05) is 0 Å². The van der Waals surface area contributed by atoms with Crippen LogP contribution in [0.2, 0.25) is 0 Å². The lowest BCUT2D eigenvalue weighted by Crippen LogP contribution is -2.42. The second-order valence-electron chi connectivity index (χ2n) is 3.94. The van der Waals surface area contributed by atoms with Gasteiger partial charge in [-0.05, 0) is 25.7 Å². The van der Waals surface area contributed by atoms with Crippen molar-refractivity contribution in [2.24, 2.45) is 11.8 Å². The van der Waals surface area contributed by atoms with E-state index >= 15 is 0 Å². The second-order valence-corrected chi connectivity index (χ2v) is 3.94. The molecule has 2 rings (SSSR count). The molecule has 0 atom stereocenters. The Morgan fingerprint density at radius 3 is 2.31 bits per heavy atom. The predicted molar refractivity (Wildman–Crippen MR) is 47.6 cm³/mol. The molecule has 1 heterocycles. The molecular formula is C9H16N2O2. The van der Waals surface area contributed by atoms with E-state index in [1.807, 2.05) is 4.90 Å². The van der Waals surface area contributed by atoms with Gasteiger partial charge in [0.15, 0.2) is 0 Å². The molecule has 0 aromatic heterocycles. The number of nitrogens with two attached hydrogens (primary N) is 1. The highest BCUT2D eigenvalue weighted by molar-refractivity contribution is 5.81. The number of nitrogens with zero attached hydrogens (tertiary/aromatic N) is 1. The minimum Gasteiger partial charge on any atom is -0.342 e. The van der Waals surface area contributed by atoms with Crippen LogP contribution in [-0.4, -0.2) is 30.0 Å². The quantitative estimate of drug-likeness (QED) is 0.627. The molecule has 1 amide bonds. The molecule has 4 heteroatoms. The summed E-state index contributed by atoms with van der Waals surface area (Å²) in [5, 5.41) is 0. The van der Waals surface area contributed by atoms with Gasteiger partial charge in [-0.15, -0.1) is 0 Å². The minimum atomic E-state index is 0.156. The van der Waals surface area contributed by atoms with Gasteiger partial charge < -0.3 is 9.74 Å². The zero-order chi connectivity index (χ0) is 9.26. The highest BCUT2D eigenvalue weighted by Gasteiger charge is 2.34. The van der Waals surface area contributed by atoms with E-state index in [1.165, 1.54) is 0 Å². The summed E-state index contributed by atoms with van der Waals surface area (Å²) < 4.78 is 0. The first-order valence-corrected chi connectivity index (χ1v) is 4.95. The third-order valence-corrected chi connectivity index (χ3v) is 2.87. The summed E-state index contributed by atoms with van der Waals surface area (Å²) in [6.45, 7) is 1.63. The van der Waals surface area contributed by atoms with E-state index in [-0.39, 0.29) is 6.10 Å². The third-order valence-electron chi connectivity index (χ3n) is 2.87. The number of carbonyl (C=O) groups excluding carboxylic acids is 1. The highest BCUT2D eigenvalue weighted by Crippen LogP contribution is 2.31. The van der Waals surface area contributed by atoms with Crippen molar-refractivity contribution >= 4 is 5.91 Å². The van der Waals surface area contributed by atoms with Crippen molar-refractivity contribution in [1.82, 2.24) is 4.90 Å². The van der Waals surface area contributed by atoms with Gasteiger partial charge in [-0.25, -0.2) is 5.90 Å². The minimum absolute atomic E-state index is 0.156. The maximum absolute atomic E-state index is 11.6. The van der Waals surface area contributed by atoms with Crippen LogP contribution in [0, 0.1) is 5.92 Å². The number of amides is 1. The highest BCUT2D eigenvalue weighted by atomic mass is 16.6. The van der Waals surface area contributed by atoms with E-state index in [1.54, 1.807) is 0 Å². The molecule has 1 aliphatic heterocycles. The molecule has 1 aliphatic carbocycles. The zero-order valence-corrected chi connectivity index (χ0v) is 7.74. The molecule has 2 N–H and O–H groups in total. The van der Waals surface area contributed by atoms with Crippen LogP contribution in [0.4, 0.5) is 0 Å². The topological polar surface area (TPSA) is 55.6 Å². The van der Waals surface area contributed by atoms with E-state index in [2.05, 4.69) is 0 Å². The molecule has 0 aromatic rings. The fourth-order valence-corrected chi connectivity index (χ4v) is 1.80. The van der Waals surface area contributed by atoms with Gasteiger partial charge in [-0.3, -0.25) is 4.79 Å². The average molecular weight is 184 g/mol. The Hall–Kier alpha value is -0.610. The van der Waals surface area contributed by atoms with Crippen molar-refractivity contribution in [2.45, 2.75) is 31.8 Å². The lowest BCUT2D eigenvalue weighted by atomic mass is 10.1. The molecule has 13 heavy (non-hydrogen) atoms. The molecule has 0 aromatic carbocycles. The summed E-state index contributed by atoms with van der Waals surface area (Å²) in [5.74, 6) is 5.78. The van der Waals surface area contributed by atoms with Crippen molar-refractivity contribution in [1.29, 1.82) is 0 Å². The number of rotatable bonds is 2. The lowest BCUT2D eigenvalue weighted by molar-refractivity contribution is -0.135. The number of likely N-dealkylation sites (tertiary alicyclic amines) is 1. The summed E-state index contributed by atoms with van der Waals surface area (Å²) in [5.41, 5.74) is 0. The molecule has 0 bridgehead atoms. The lowest BCUT2D eigenvalue weighted by Gasteiger charge is -2.30. The smallest absolute Gasteiger partial charge is 0.225 e. The summed E-state index contributed by atoms with van der Waals surface area (Å²) in [7, 11) is 0. The van der Waals surface area contributed by atoms with Gasteiger partial charge >= 0.3 is 0 Å². The van der Waals surface area contributed by atoms with Crippen LogP contribution in [-0.2, 0) is 9.63 Å². The van der Waals surface area contributed by atoms with E-state index in [9.17, 15) is 4.79 Å². The third kappa shape index (κ3) is 2.00. The summed E-state index contributed by atoms with van der Waals surface area (Å²) in [6, 6.07) is 0. The Morgan fingerprint density at radius 2 is 1.85 bits per heavy atom. The average Bonchev–Trinajstić information content (AvgIpc) is 3.00. The fourth-order valence-electron chi connectivity index (χ4n) is 1.80. The molecule has 4 nitrogen and oxygen atoms in total. The van der Waals surface area contributed by atoms with Crippen molar-refractivity contribution in [3.63, 3.8) is 0 Å². The van der Waals surface area contributed by atoms with Crippen molar-refractivity contribution in [3.05, 3.63) is 0 Å².